The molecule has 19 heavy (non-hydrogen) atoms. The predicted octanol–water partition coefficient (Wildman–Crippen LogP) is 2.39. The van der Waals surface area contributed by atoms with Gasteiger partial charge in [0.15, 0.2) is 0 Å². The fourth-order valence-corrected chi connectivity index (χ4v) is 2.51. The van der Waals surface area contributed by atoms with Gasteiger partial charge in [0.25, 0.3) is 0 Å². The van der Waals surface area contributed by atoms with E-state index in [1.807, 2.05) is 0 Å². The molecule has 1 heterocycles. The molecule has 0 spiro atoms. The van der Waals surface area contributed by atoms with Gasteiger partial charge in [0, 0.05) is 19.6 Å². The number of aliphatic hydroxyl groups excluding tert-OH is 1. The van der Waals surface area contributed by atoms with Gasteiger partial charge < -0.3 is 15.2 Å². The molecule has 2 N–H and O–H groups in total. The molecule has 1 rings (SSSR count). The molecule has 0 aromatic heterocycles. The number of carbonyl (C=O) groups excluding carboxylic acids is 1. The van der Waals surface area contributed by atoms with Crippen molar-refractivity contribution in [2.45, 2.75) is 70.3 Å². The highest BCUT2D eigenvalue weighted by molar-refractivity contribution is 5.76. The van der Waals surface area contributed by atoms with Crippen LogP contribution in [-0.4, -0.2) is 36.4 Å². The number of aliphatic hydroxyl groups is 1. The lowest BCUT2D eigenvalue weighted by Crippen LogP contribution is -2.54. The van der Waals surface area contributed by atoms with Crippen molar-refractivity contribution in [2.75, 3.05) is 19.8 Å². The average Bonchev–Trinajstić information content (AvgIpc) is 2.43. The van der Waals surface area contributed by atoms with E-state index >= 15 is 0 Å². The van der Waals surface area contributed by atoms with Crippen LogP contribution in [0.2, 0.25) is 0 Å². The van der Waals surface area contributed by atoms with Gasteiger partial charge in [-0.25, -0.2) is 0 Å². The fourth-order valence-electron chi connectivity index (χ4n) is 2.51. The van der Waals surface area contributed by atoms with E-state index in [9.17, 15) is 9.90 Å². The van der Waals surface area contributed by atoms with E-state index in [4.69, 9.17) is 4.74 Å². The third-order valence-electron chi connectivity index (χ3n) is 3.91. The molecule has 1 amide bonds. The molecule has 1 aliphatic rings. The Hall–Kier alpha value is -0.610. The minimum absolute atomic E-state index is 0.0125. The van der Waals surface area contributed by atoms with Crippen molar-refractivity contribution in [2.24, 2.45) is 0 Å². The van der Waals surface area contributed by atoms with Crippen molar-refractivity contribution < 1.29 is 14.6 Å². The van der Waals surface area contributed by atoms with E-state index < -0.39 is 5.54 Å². The van der Waals surface area contributed by atoms with Crippen LogP contribution in [-0.2, 0) is 9.53 Å². The molecule has 1 saturated heterocycles. The van der Waals surface area contributed by atoms with Crippen LogP contribution >= 0.6 is 0 Å². The number of unbranched alkanes of at least 4 members (excludes halogenated alkanes) is 5. The second-order valence-electron chi connectivity index (χ2n) is 5.62. The highest BCUT2D eigenvalue weighted by Gasteiger charge is 2.33. The van der Waals surface area contributed by atoms with Gasteiger partial charge >= 0.3 is 0 Å². The maximum absolute atomic E-state index is 11.9. The SMILES string of the molecule is CCCCCCCCC(=O)NC1(CO)CCOCC1. The van der Waals surface area contributed by atoms with Gasteiger partial charge in [0.1, 0.15) is 0 Å². The lowest BCUT2D eigenvalue weighted by Gasteiger charge is -2.36. The number of amides is 1. The molecule has 4 nitrogen and oxygen atoms in total. The summed E-state index contributed by atoms with van der Waals surface area (Å²) < 4.78 is 5.28. The Morgan fingerprint density at radius 3 is 2.42 bits per heavy atom. The third kappa shape index (κ3) is 6.39. The van der Waals surface area contributed by atoms with Crippen molar-refractivity contribution >= 4 is 5.91 Å². The largest absolute Gasteiger partial charge is 0.394 e. The van der Waals surface area contributed by atoms with E-state index in [1.165, 1.54) is 25.7 Å². The maximum atomic E-state index is 11.9. The standard InChI is InChI=1S/C15H29NO3/c1-2-3-4-5-6-7-8-14(18)16-15(13-17)9-11-19-12-10-15/h17H,2-13H2,1H3,(H,16,18). The quantitative estimate of drug-likeness (QED) is 0.633. The van der Waals surface area contributed by atoms with Crippen LogP contribution in [0.3, 0.4) is 0 Å². The van der Waals surface area contributed by atoms with Crippen LogP contribution in [0.25, 0.3) is 0 Å². The van der Waals surface area contributed by atoms with Gasteiger partial charge in [-0.3, -0.25) is 4.79 Å². The highest BCUT2D eigenvalue weighted by atomic mass is 16.5. The van der Waals surface area contributed by atoms with Gasteiger partial charge in [-0.2, -0.15) is 0 Å². The first-order chi connectivity index (χ1) is 9.22. The van der Waals surface area contributed by atoms with Gasteiger partial charge in [-0.15, -0.1) is 0 Å². The van der Waals surface area contributed by atoms with Gasteiger partial charge in [-0.1, -0.05) is 39.0 Å². The topological polar surface area (TPSA) is 58.6 Å². The minimum Gasteiger partial charge on any atom is -0.394 e. The lowest BCUT2D eigenvalue weighted by atomic mass is 9.90. The number of carbonyl (C=O) groups is 1. The second kappa shape index (κ2) is 9.32. The van der Waals surface area contributed by atoms with Crippen molar-refractivity contribution in [3.8, 4) is 0 Å². The molecular formula is C15H29NO3. The van der Waals surface area contributed by atoms with Crippen LogP contribution in [0.4, 0.5) is 0 Å². The molecule has 0 aromatic rings. The van der Waals surface area contributed by atoms with Crippen LogP contribution in [0, 0.1) is 0 Å². The Morgan fingerprint density at radius 2 is 1.79 bits per heavy atom. The molecule has 0 unspecified atom stereocenters. The number of hydrogen-bond acceptors (Lipinski definition) is 3. The maximum Gasteiger partial charge on any atom is 0.220 e. The molecule has 0 aromatic carbocycles. The van der Waals surface area contributed by atoms with Crippen LogP contribution in [0.15, 0.2) is 0 Å². The second-order valence-corrected chi connectivity index (χ2v) is 5.62. The molecule has 0 radical (unpaired) electrons. The predicted molar refractivity (Wildman–Crippen MR) is 76.0 cm³/mol. The Kier molecular flexibility index (Phi) is 8.07. The van der Waals surface area contributed by atoms with E-state index in [0.29, 0.717) is 32.5 Å². The Balaban J connectivity index is 2.15. The van der Waals surface area contributed by atoms with E-state index in [0.717, 1.165) is 12.8 Å². The number of hydrogen-bond donors (Lipinski definition) is 2. The van der Waals surface area contributed by atoms with Crippen LogP contribution in [0.1, 0.15) is 64.7 Å². The molecule has 4 heteroatoms. The summed E-state index contributed by atoms with van der Waals surface area (Å²) in [4.78, 5) is 11.9. The van der Waals surface area contributed by atoms with Crippen molar-refractivity contribution in [3.05, 3.63) is 0 Å². The molecule has 1 fully saturated rings. The molecular weight excluding hydrogens is 242 g/mol. The third-order valence-corrected chi connectivity index (χ3v) is 3.91. The first-order valence-electron chi connectivity index (χ1n) is 7.72. The summed E-state index contributed by atoms with van der Waals surface area (Å²) >= 11 is 0. The van der Waals surface area contributed by atoms with Crippen LogP contribution < -0.4 is 5.32 Å². The van der Waals surface area contributed by atoms with Gasteiger partial charge in [-0.05, 0) is 19.3 Å². The summed E-state index contributed by atoms with van der Waals surface area (Å²) in [5.74, 6) is 0.0754. The van der Waals surface area contributed by atoms with E-state index in [1.54, 1.807) is 0 Å². The van der Waals surface area contributed by atoms with E-state index in [2.05, 4.69) is 12.2 Å². The molecule has 0 aliphatic carbocycles. The number of ether oxygens (including phenoxy) is 1. The summed E-state index contributed by atoms with van der Waals surface area (Å²) in [5, 5.41) is 12.5. The smallest absolute Gasteiger partial charge is 0.220 e. The average molecular weight is 271 g/mol. The molecule has 1 aliphatic heterocycles. The van der Waals surface area contributed by atoms with Gasteiger partial charge in [0.2, 0.25) is 5.91 Å². The summed E-state index contributed by atoms with van der Waals surface area (Å²) in [5.41, 5.74) is -0.433. The lowest BCUT2D eigenvalue weighted by molar-refractivity contribution is -0.125. The number of rotatable bonds is 9. The zero-order valence-corrected chi connectivity index (χ0v) is 12.2. The monoisotopic (exact) mass is 271 g/mol. The molecule has 0 bridgehead atoms. The Morgan fingerprint density at radius 1 is 1.16 bits per heavy atom. The zero-order chi connectivity index (χ0) is 14.0. The number of nitrogens with one attached hydrogen (secondary N) is 1. The van der Waals surface area contributed by atoms with E-state index in [-0.39, 0.29) is 12.5 Å². The fraction of sp³-hybridized carbons (Fsp3) is 0.933. The van der Waals surface area contributed by atoms with Crippen molar-refractivity contribution in [3.63, 3.8) is 0 Å². The first-order valence-corrected chi connectivity index (χ1v) is 7.72. The molecule has 112 valence electrons. The van der Waals surface area contributed by atoms with Crippen LogP contribution in [0.5, 0.6) is 0 Å². The highest BCUT2D eigenvalue weighted by Crippen LogP contribution is 2.20. The van der Waals surface area contributed by atoms with Crippen molar-refractivity contribution in [1.82, 2.24) is 5.32 Å². The summed E-state index contributed by atoms with van der Waals surface area (Å²) in [6, 6.07) is 0. The minimum atomic E-state index is -0.433. The van der Waals surface area contributed by atoms with Crippen molar-refractivity contribution in [1.29, 1.82) is 0 Å². The zero-order valence-electron chi connectivity index (χ0n) is 12.2. The normalized spacial score (nSPS) is 18.2. The molecule has 0 saturated carbocycles. The summed E-state index contributed by atoms with van der Waals surface area (Å²) in [7, 11) is 0. The Bertz CT molecular complexity index is 250. The first kappa shape index (κ1) is 16.4. The van der Waals surface area contributed by atoms with Gasteiger partial charge in [0.05, 0.1) is 12.1 Å². The molecule has 0 atom stereocenters. The summed E-state index contributed by atoms with van der Waals surface area (Å²) in [6.45, 7) is 3.46. The summed E-state index contributed by atoms with van der Waals surface area (Å²) in [6.07, 6.45) is 9.12. The Labute approximate surface area is 116 Å².